The Morgan fingerprint density at radius 1 is 1.17 bits per heavy atom. The molecule has 4 rings (SSSR count). The Morgan fingerprint density at radius 3 is 2.69 bits per heavy atom. The fourth-order valence-corrected chi connectivity index (χ4v) is 3.24. The van der Waals surface area contributed by atoms with Gasteiger partial charge in [0, 0.05) is 30.3 Å². The summed E-state index contributed by atoms with van der Waals surface area (Å²) < 4.78 is 6.78. The Bertz CT molecular complexity index is 1200. The van der Waals surface area contributed by atoms with Gasteiger partial charge >= 0.3 is 0 Å². The van der Waals surface area contributed by atoms with Gasteiger partial charge in [0.2, 0.25) is 5.88 Å². The van der Waals surface area contributed by atoms with Gasteiger partial charge in [-0.15, -0.1) is 0 Å². The van der Waals surface area contributed by atoms with Crippen LogP contribution in [0.25, 0.3) is 21.8 Å². The van der Waals surface area contributed by atoms with E-state index in [0.717, 1.165) is 21.9 Å². The van der Waals surface area contributed by atoms with Crippen LogP contribution < -0.4 is 10.5 Å². The summed E-state index contributed by atoms with van der Waals surface area (Å²) in [6.45, 7) is 0.242. The first kappa shape index (κ1) is 18.6. The molecule has 0 unspecified atom stereocenters. The lowest BCUT2D eigenvalue weighted by Crippen LogP contribution is -2.29. The van der Waals surface area contributed by atoms with Gasteiger partial charge in [-0.05, 0) is 23.8 Å². The maximum atomic E-state index is 13.1. The normalized spacial score (nSPS) is 11.1. The van der Waals surface area contributed by atoms with Crippen molar-refractivity contribution in [1.82, 2.24) is 24.8 Å². The van der Waals surface area contributed by atoms with Crippen molar-refractivity contribution in [2.45, 2.75) is 6.54 Å². The van der Waals surface area contributed by atoms with Crippen molar-refractivity contribution in [3.63, 3.8) is 0 Å². The van der Waals surface area contributed by atoms with Crippen molar-refractivity contribution in [1.29, 1.82) is 0 Å². The van der Waals surface area contributed by atoms with Crippen molar-refractivity contribution in [2.24, 2.45) is 7.05 Å². The second-order valence-electron chi connectivity index (χ2n) is 6.49. The third kappa shape index (κ3) is 3.32. The molecule has 4 aromatic rings. The molecular formula is C20H20N6O3. The lowest BCUT2D eigenvalue weighted by molar-refractivity contribution is -0.102. The van der Waals surface area contributed by atoms with Gasteiger partial charge < -0.3 is 10.5 Å². The first-order valence-corrected chi connectivity index (χ1v) is 8.87. The van der Waals surface area contributed by atoms with Crippen LogP contribution in [0, 0.1) is 0 Å². The summed E-state index contributed by atoms with van der Waals surface area (Å²) in [5.74, 6) is 0.633. The van der Waals surface area contributed by atoms with Gasteiger partial charge in [-0.2, -0.15) is 5.10 Å². The predicted molar refractivity (Wildman–Crippen MR) is 108 cm³/mol. The fraction of sp³-hybridized carbons (Fsp3) is 0.200. The van der Waals surface area contributed by atoms with Crippen LogP contribution in [0.2, 0.25) is 0 Å². The zero-order valence-corrected chi connectivity index (χ0v) is 16.3. The van der Waals surface area contributed by atoms with Crippen molar-refractivity contribution in [2.75, 3.05) is 20.0 Å². The summed E-state index contributed by atoms with van der Waals surface area (Å²) in [7, 11) is 4.83. The van der Waals surface area contributed by atoms with Crippen molar-refractivity contribution >= 4 is 33.5 Å². The molecule has 0 saturated carbocycles. The van der Waals surface area contributed by atoms with Crippen LogP contribution in [0.15, 0.2) is 42.7 Å². The topological polar surface area (TPSA) is 108 Å². The summed E-state index contributed by atoms with van der Waals surface area (Å²) in [6, 6.07) is 8.83. The number of carbonyl (C=O) groups excluding carboxylic acids is 1. The second kappa shape index (κ2) is 7.36. The molecule has 0 aliphatic rings. The number of nitrogens with zero attached hydrogens (tertiary/aromatic N) is 5. The molecule has 0 aliphatic heterocycles. The molecule has 0 spiro atoms. The number of benzene rings is 1. The average Bonchev–Trinajstić information content (AvgIpc) is 3.14. The monoisotopic (exact) mass is 392 g/mol. The Balaban J connectivity index is 1.70. The third-order valence-corrected chi connectivity index (χ3v) is 4.73. The number of nitrogens with two attached hydrogens (primary N) is 1. The number of aromatic nitrogens is 4. The molecule has 1 aromatic carbocycles. The van der Waals surface area contributed by atoms with Crippen LogP contribution in [-0.2, 0) is 18.4 Å². The number of nitrogen functional groups attached to an aromatic ring is 1. The maximum Gasteiger partial charge on any atom is 0.277 e. The highest BCUT2D eigenvalue weighted by atomic mass is 16.7. The van der Waals surface area contributed by atoms with E-state index in [1.807, 2.05) is 13.1 Å². The van der Waals surface area contributed by atoms with Gasteiger partial charge in [0.1, 0.15) is 5.82 Å². The van der Waals surface area contributed by atoms with Crippen LogP contribution in [0.3, 0.4) is 0 Å². The van der Waals surface area contributed by atoms with Crippen LogP contribution >= 0.6 is 0 Å². The number of pyridine rings is 2. The summed E-state index contributed by atoms with van der Waals surface area (Å²) in [6.07, 6.45) is 3.31. The molecule has 1 amide bonds. The highest BCUT2D eigenvalue weighted by molar-refractivity contribution is 6.10. The van der Waals surface area contributed by atoms with Crippen molar-refractivity contribution < 1.29 is 14.4 Å². The van der Waals surface area contributed by atoms with Crippen LogP contribution in [0.4, 0.5) is 5.82 Å². The molecule has 0 bridgehead atoms. The quantitative estimate of drug-likeness (QED) is 0.519. The number of ether oxygens (including phenoxy) is 1. The number of carbonyl (C=O) groups is 1. The zero-order valence-electron chi connectivity index (χ0n) is 16.3. The summed E-state index contributed by atoms with van der Waals surface area (Å²) in [5.41, 5.74) is 8.83. The molecule has 3 heterocycles. The van der Waals surface area contributed by atoms with Crippen molar-refractivity contribution in [3.8, 4) is 5.88 Å². The van der Waals surface area contributed by atoms with E-state index in [4.69, 9.17) is 15.3 Å². The zero-order chi connectivity index (χ0) is 20.5. The Kier molecular flexibility index (Phi) is 4.73. The molecule has 148 valence electrons. The number of hydrogen-bond donors (Lipinski definition) is 1. The predicted octanol–water partition coefficient (Wildman–Crippen LogP) is 2.31. The first-order valence-electron chi connectivity index (χ1n) is 8.87. The molecule has 0 saturated heterocycles. The minimum absolute atomic E-state index is 0.242. The highest BCUT2D eigenvalue weighted by Crippen LogP contribution is 2.28. The largest absolute Gasteiger partial charge is 0.481 e. The molecule has 29 heavy (non-hydrogen) atoms. The van der Waals surface area contributed by atoms with Gasteiger partial charge in [-0.25, -0.2) is 15.0 Å². The Hall–Kier alpha value is -3.72. The second-order valence-corrected chi connectivity index (χ2v) is 6.49. The number of anilines is 1. The van der Waals surface area contributed by atoms with Crippen LogP contribution in [0.5, 0.6) is 5.88 Å². The number of hydrogen-bond acceptors (Lipinski definition) is 7. The van der Waals surface area contributed by atoms with Crippen LogP contribution in [0.1, 0.15) is 15.9 Å². The molecule has 2 N–H and O–H groups in total. The van der Waals surface area contributed by atoms with E-state index in [2.05, 4.69) is 15.1 Å². The highest BCUT2D eigenvalue weighted by Gasteiger charge is 2.19. The number of aryl methyl sites for hydroxylation is 1. The van der Waals surface area contributed by atoms with E-state index < -0.39 is 0 Å². The van der Waals surface area contributed by atoms with Gasteiger partial charge in [-0.1, -0.05) is 6.07 Å². The number of hydroxylamine groups is 2. The summed E-state index contributed by atoms with van der Waals surface area (Å²) in [4.78, 5) is 27.0. The standard InChI is InChI=1S/C20H20N6O3/c1-25-18-14-8-13(5-6-16(14)24-19(21)15(18)10-23-25)20(27)26(29-3)11-12-4-7-17(28-2)22-9-12/h4-10H,11H2,1-3H3,(H2,21,24). The van der Waals surface area contributed by atoms with E-state index >= 15 is 0 Å². The van der Waals surface area contributed by atoms with Gasteiger partial charge in [0.15, 0.2) is 0 Å². The molecule has 0 radical (unpaired) electrons. The number of amides is 1. The van der Waals surface area contributed by atoms with Crippen LogP contribution in [-0.4, -0.2) is 44.9 Å². The van der Waals surface area contributed by atoms with E-state index in [1.54, 1.807) is 48.5 Å². The Morgan fingerprint density at radius 2 is 2.00 bits per heavy atom. The summed E-state index contributed by atoms with van der Waals surface area (Å²) >= 11 is 0. The van der Waals surface area contributed by atoms with E-state index in [0.29, 0.717) is 22.8 Å². The molecule has 9 nitrogen and oxygen atoms in total. The van der Waals surface area contributed by atoms with Gasteiger partial charge in [0.25, 0.3) is 5.91 Å². The smallest absolute Gasteiger partial charge is 0.277 e. The first-order chi connectivity index (χ1) is 14.0. The molecule has 0 aliphatic carbocycles. The van der Waals surface area contributed by atoms with E-state index in [-0.39, 0.29) is 12.5 Å². The molecule has 3 aromatic heterocycles. The van der Waals surface area contributed by atoms with E-state index in [1.165, 1.54) is 12.2 Å². The van der Waals surface area contributed by atoms with Gasteiger partial charge in [0.05, 0.1) is 43.4 Å². The SMILES string of the molecule is COc1ccc(CN(OC)C(=O)c2ccc3nc(N)c4cnn(C)c4c3c2)cn1. The average molecular weight is 392 g/mol. The lowest BCUT2D eigenvalue weighted by atomic mass is 10.1. The maximum absolute atomic E-state index is 13.1. The minimum Gasteiger partial charge on any atom is -0.481 e. The number of fused-ring (bicyclic) bond motifs is 3. The van der Waals surface area contributed by atoms with Crippen molar-refractivity contribution in [3.05, 3.63) is 53.9 Å². The number of rotatable bonds is 5. The molecule has 0 atom stereocenters. The minimum atomic E-state index is -0.280. The van der Waals surface area contributed by atoms with Gasteiger partial charge in [-0.3, -0.25) is 14.3 Å². The Labute approximate surface area is 166 Å². The summed E-state index contributed by atoms with van der Waals surface area (Å²) in [5, 5.41) is 7.08. The molecule has 0 fully saturated rings. The third-order valence-electron chi connectivity index (χ3n) is 4.73. The molecule has 9 heteroatoms. The fourth-order valence-electron chi connectivity index (χ4n) is 3.24. The van der Waals surface area contributed by atoms with E-state index in [9.17, 15) is 4.79 Å². The lowest BCUT2D eigenvalue weighted by Gasteiger charge is -2.20. The molecular weight excluding hydrogens is 372 g/mol. The number of methoxy groups -OCH3 is 1.